The number of aliphatic carboxylic acids is 1. The van der Waals surface area contributed by atoms with Crippen molar-refractivity contribution >= 4 is 11.9 Å². The lowest BCUT2D eigenvalue weighted by Crippen LogP contribution is -2.33. The third kappa shape index (κ3) is 4.96. The lowest BCUT2D eigenvalue weighted by molar-refractivity contribution is -0.141. The fraction of sp³-hybridized carbons (Fsp3) is 0.529. The van der Waals surface area contributed by atoms with E-state index in [1.54, 1.807) is 38.2 Å². The van der Waals surface area contributed by atoms with Gasteiger partial charge in [-0.2, -0.15) is 0 Å². The van der Waals surface area contributed by atoms with Crippen molar-refractivity contribution in [2.75, 3.05) is 26.8 Å². The fourth-order valence-electron chi connectivity index (χ4n) is 2.45. The van der Waals surface area contributed by atoms with Gasteiger partial charge in [0.05, 0.1) is 19.1 Å². The van der Waals surface area contributed by atoms with Crippen LogP contribution in [0.2, 0.25) is 0 Å². The van der Waals surface area contributed by atoms with Crippen LogP contribution in [-0.2, 0) is 9.53 Å². The zero-order valence-corrected chi connectivity index (χ0v) is 13.5. The molecule has 0 aliphatic carbocycles. The highest BCUT2D eigenvalue weighted by atomic mass is 16.5. The number of nitrogens with zero attached hydrogens (tertiary/aromatic N) is 1. The van der Waals surface area contributed by atoms with Crippen LogP contribution in [0.15, 0.2) is 24.3 Å². The summed E-state index contributed by atoms with van der Waals surface area (Å²) in [6, 6.07) is 6.96. The quantitative estimate of drug-likeness (QED) is 0.867. The van der Waals surface area contributed by atoms with Crippen molar-refractivity contribution in [2.45, 2.75) is 25.9 Å². The second-order valence-electron chi connectivity index (χ2n) is 5.88. The van der Waals surface area contributed by atoms with Crippen LogP contribution in [0, 0.1) is 5.92 Å². The molecular weight excluding hydrogens is 298 g/mol. The standard InChI is InChI=1S/C17H23NO5/c1-12(17(20)21)11-18(2)16(19)13-3-5-14(6-4-13)23-15-7-9-22-10-8-15/h3-6,12,15H,7-11H2,1-2H3,(H,20,21). The maximum atomic E-state index is 12.3. The van der Waals surface area contributed by atoms with Gasteiger partial charge >= 0.3 is 5.97 Å². The largest absolute Gasteiger partial charge is 0.490 e. The number of hydrogen-bond donors (Lipinski definition) is 1. The summed E-state index contributed by atoms with van der Waals surface area (Å²) in [4.78, 5) is 24.6. The highest BCUT2D eigenvalue weighted by Gasteiger charge is 2.19. The predicted molar refractivity (Wildman–Crippen MR) is 84.7 cm³/mol. The van der Waals surface area contributed by atoms with E-state index in [0.29, 0.717) is 18.8 Å². The minimum absolute atomic E-state index is 0.157. The SMILES string of the molecule is CC(CN(C)C(=O)c1ccc(OC2CCOCC2)cc1)C(=O)O. The van der Waals surface area contributed by atoms with Gasteiger partial charge in [-0.05, 0) is 24.3 Å². The van der Waals surface area contributed by atoms with Gasteiger partial charge in [-0.3, -0.25) is 9.59 Å². The van der Waals surface area contributed by atoms with Gasteiger partial charge < -0.3 is 19.5 Å². The maximum absolute atomic E-state index is 12.3. The first-order chi connectivity index (χ1) is 11.0. The summed E-state index contributed by atoms with van der Waals surface area (Å²) in [7, 11) is 1.61. The Balaban J connectivity index is 1.92. The molecule has 1 amide bonds. The van der Waals surface area contributed by atoms with Gasteiger partial charge in [0.1, 0.15) is 11.9 Å². The minimum atomic E-state index is -0.912. The van der Waals surface area contributed by atoms with Gasteiger partial charge in [-0.15, -0.1) is 0 Å². The monoisotopic (exact) mass is 321 g/mol. The number of benzene rings is 1. The second-order valence-corrected chi connectivity index (χ2v) is 5.88. The van der Waals surface area contributed by atoms with Crippen molar-refractivity contribution in [3.8, 4) is 5.75 Å². The zero-order chi connectivity index (χ0) is 16.8. The summed E-state index contributed by atoms with van der Waals surface area (Å²) in [6.45, 7) is 3.19. The molecule has 0 spiro atoms. The lowest BCUT2D eigenvalue weighted by Gasteiger charge is -2.23. The van der Waals surface area contributed by atoms with E-state index in [1.807, 2.05) is 0 Å². The molecule has 1 heterocycles. The van der Waals surface area contributed by atoms with Crippen molar-refractivity contribution in [3.63, 3.8) is 0 Å². The summed E-state index contributed by atoms with van der Waals surface area (Å²) in [5.41, 5.74) is 0.518. The first kappa shape index (κ1) is 17.3. The number of hydrogen-bond acceptors (Lipinski definition) is 4. The molecular formula is C17H23NO5. The topological polar surface area (TPSA) is 76.1 Å². The van der Waals surface area contributed by atoms with Crippen LogP contribution in [0.5, 0.6) is 5.75 Å². The Kier molecular flexibility index (Phi) is 5.98. The van der Waals surface area contributed by atoms with Crippen LogP contribution < -0.4 is 4.74 Å². The molecule has 0 saturated carbocycles. The number of carboxylic acids is 1. The summed E-state index contributed by atoms with van der Waals surface area (Å²) in [5, 5.41) is 8.91. The molecule has 0 bridgehead atoms. The van der Waals surface area contributed by atoms with Gasteiger partial charge in [-0.1, -0.05) is 6.92 Å². The Morgan fingerprint density at radius 1 is 1.30 bits per heavy atom. The first-order valence-electron chi connectivity index (χ1n) is 7.80. The summed E-state index contributed by atoms with van der Waals surface area (Å²) >= 11 is 0. The van der Waals surface area contributed by atoms with E-state index in [-0.39, 0.29) is 18.6 Å². The van der Waals surface area contributed by atoms with Gasteiger partial charge in [0.25, 0.3) is 5.91 Å². The molecule has 2 rings (SSSR count). The van der Waals surface area contributed by atoms with Crippen LogP contribution in [0.25, 0.3) is 0 Å². The molecule has 1 atom stereocenters. The Bertz CT molecular complexity index is 536. The van der Waals surface area contributed by atoms with Crippen LogP contribution in [0.3, 0.4) is 0 Å². The van der Waals surface area contributed by atoms with Crippen LogP contribution in [0.1, 0.15) is 30.1 Å². The summed E-state index contributed by atoms with van der Waals surface area (Å²) in [5.74, 6) is -0.976. The van der Waals surface area contributed by atoms with E-state index in [9.17, 15) is 9.59 Å². The van der Waals surface area contributed by atoms with Crippen molar-refractivity contribution < 1.29 is 24.2 Å². The molecule has 0 radical (unpaired) electrons. The Labute approximate surface area is 136 Å². The van der Waals surface area contributed by atoms with E-state index < -0.39 is 11.9 Å². The van der Waals surface area contributed by atoms with Crippen LogP contribution in [0.4, 0.5) is 0 Å². The Hall–Kier alpha value is -2.08. The van der Waals surface area contributed by atoms with E-state index in [4.69, 9.17) is 14.6 Å². The van der Waals surface area contributed by atoms with E-state index in [1.165, 1.54) is 4.90 Å². The van der Waals surface area contributed by atoms with Gasteiger partial charge in [0, 0.05) is 32.0 Å². The third-order valence-electron chi connectivity index (χ3n) is 3.89. The first-order valence-corrected chi connectivity index (χ1v) is 7.80. The van der Waals surface area contributed by atoms with E-state index >= 15 is 0 Å². The molecule has 1 aliphatic heterocycles. The molecule has 126 valence electrons. The lowest BCUT2D eigenvalue weighted by atomic mass is 10.1. The normalized spacial score (nSPS) is 16.6. The number of ether oxygens (including phenoxy) is 2. The molecule has 1 aromatic rings. The van der Waals surface area contributed by atoms with E-state index in [0.717, 1.165) is 18.6 Å². The molecule has 1 aromatic carbocycles. The van der Waals surface area contributed by atoms with Crippen molar-refractivity contribution in [2.24, 2.45) is 5.92 Å². The molecule has 1 aliphatic rings. The van der Waals surface area contributed by atoms with E-state index in [2.05, 4.69) is 0 Å². The number of amides is 1. The molecule has 6 heteroatoms. The summed E-state index contributed by atoms with van der Waals surface area (Å²) < 4.78 is 11.2. The Morgan fingerprint density at radius 3 is 2.48 bits per heavy atom. The molecule has 23 heavy (non-hydrogen) atoms. The second kappa shape index (κ2) is 7.97. The number of carboxylic acid groups (broad SMARTS) is 1. The van der Waals surface area contributed by atoms with Crippen molar-refractivity contribution in [3.05, 3.63) is 29.8 Å². The number of carbonyl (C=O) groups excluding carboxylic acids is 1. The molecule has 1 fully saturated rings. The zero-order valence-electron chi connectivity index (χ0n) is 13.5. The molecule has 1 N–H and O–H groups in total. The third-order valence-corrected chi connectivity index (χ3v) is 3.89. The van der Waals surface area contributed by atoms with Gasteiger partial charge in [0.15, 0.2) is 0 Å². The molecule has 6 nitrogen and oxygen atoms in total. The minimum Gasteiger partial charge on any atom is -0.490 e. The predicted octanol–water partition coefficient (Wildman–Crippen LogP) is 2.04. The highest BCUT2D eigenvalue weighted by Crippen LogP contribution is 2.19. The van der Waals surface area contributed by atoms with Gasteiger partial charge in [0.2, 0.25) is 0 Å². The van der Waals surface area contributed by atoms with Gasteiger partial charge in [-0.25, -0.2) is 0 Å². The summed E-state index contributed by atoms with van der Waals surface area (Å²) in [6.07, 6.45) is 1.90. The maximum Gasteiger partial charge on any atom is 0.308 e. The number of carbonyl (C=O) groups is 2. The highest BCUT2D eigenvalue weighted by molar-refractivity contribution is 5.94. The van der Waals surface area contributed by atoms with Crippen LogP contribution in [-0.4, -0.2) is 54.8 Å². The van der Waals surface area contributed by atoms with Crippen molar-refractivity contribution in [1.29, 1.82) is 0 Å². The number of rotatable bonds is 6. The molecule has 1 saturated heterocycles. The average Bonchev–Trinajstić information content (AvgIpc) is 2.55. The fourth-order valence-corrected chi connectivity index (χ4v) is 2.45. The molecule has 0 aromatic heterocycles. The molecule has 1 unspecified atom stereocenters. The smallest absolute Gasteiger partial charge is 0.308 e. The van der Waals surface area contributed by atoms with Crippen LogP contribution >= 0.6 is 0 Å². The Morgan fingerprint density at radius 2 is 1.91 bits per heavy atom. The average molecular weight is 321 g/mol. The van der Waals surface area contributed by atoms with Crippen molar-refractivity contribution in [1.82, 2.24) is 4.90 Å².